The summed E-state index contributed by atoms with van der Waals surface area (Å²) in [7, 11) is 0. The van der Waals surface area contributed by atoms with Gasteiger partial charge in [0.2, 0.25) is 5.91 Å². The molecule has 1 aliphatic rings. The number of aromatic nitrogens is 1. The van der Waals surface area contributed by atoms with Gasteiger partial charge in [-0.3, -0.25) is 14.6 Å². The molecule has 0 bridgehead atoms. The number of nitrogens with zero attached hydrogens (tertiary/aromatic N) is 2. The molecule has 1 atom stereocenters. The topological polar surface area (TPSA) is 85.5 Å². The number of likely N-dealkylation sites (tertiary alicyclic amines) is 1. The van der Waals surface area contributed by atoms with Crippen molar-refractivity contribution in [1.29, 1.82) is 0 Å². The number of rotatable bonds is 4. The molecule has 6 nitrogen and oxygen atoms in total. The zero-order chi connectivity index (χ0) is 15.2. The number of ether oxygens (including phenoxy) is 1. The van der Waals surface area contributed by atoms with E-state index < -0.39 is 5.91 Å². The Morgan fingerprint density at radius 3 is 3.05 bits per heavy atom. The summed E-state index contributed by atoms with van der Waals surface area (Å²) >= 11 is 0. The van der Waals surface area contributed by atoms with Crippen LogP contribution in [0.3, 0.4) is 0 Å². The zero-order valence-corrected chi connectivity index (χ0v) is 12.0. The summed E-state index contributed by atoms with van der Waals surface area (Å²) in [6.07, 6.45) is 6.45. The standard InChI is InChI=1S/C15H19N3O3/c1-2-4-14(19)18-8-3-5-12(10-18)21-11-6-7-17-13(9-11)15(16)20/h2,4,6-7,9,12H,3,5,8,10H2,1H3,(H2,16,20)/b4-2+. The maximum absolute atomic E-state index is 11.9. The number of carbonyl (C=O) groups is 2. The largest absolute Gasteiger partial charge is 0.488 e. The van der Waals surface area contributed by atoms with E-state index in [1.807, 2.05) is 6.92 Å². The predicted octanol–water partition coefficient (Wildman–Crippen LogP) is 1.13. The first kappa shape index (κ1) is 15.0. The minimum Gasteiger partial charge on any atom is -0.488 e. The van der Waals surface area contributed by atoms with Crippen LogP contribution in [0.5, 0.6) is 5.75 Å². The number of hydrogen-bond acceptors (Lipinski definition) is 4. The SMILES string of the molecule is C/C=C/C(=O)N1CCCC(Oc2ccnc(C(N)=O)c2)C1. The van der Waals surface area contributed by atoms with E-state index in [1.54, 1.807) is 23.1 Å². The fraction of sp³-hybridized carbons (Fsp3) is 0.400. The molecule has 0 radical (unpaired) electrons. The third kappa shape index (κ3) is 4.05. The normalized spacial score (nSPS) is 18.7. The van der Waals surface area contributed by atoms with Crippen molar-refractivity contribution in [1.82, 2.24) is 9.88 Å². The van der Waals surface area contributed by atoms with Crippen molar-refractivity contribution >= 4 is 11.8 Å². The fourth-order valence-electron chi connectivity index (χ4n) is 2.29. The second kappa shape index (κ2) is 6.88. The Morgan fingerprint density at radius 1 is 1.52 bits per heavy atom. The van der Waals surface area contributed by atoms with Gasteiger partial charge in [0, 0.05) is 18.8 Å². The maximum Gasteiger partial charge on any atom is 0.267 e. The molecule has 2 amide bonds. The lowest BCUT2D eigenvalue weighted by atomic mass is 10.1. The molecule has 0 aliphatic carbocycles. The molecule has 0 spiro atoms. The third-order valence-corrected chi connectivity index (χ3v) is 3.29. The highest BCUT2D eigenvalue weighted by Gasteiger charge is 2.23. The summed E-state index contributed by atoms with van der Waals surface area (Å²) in [5.41, 5.74) is 5.36. The number of pyridine rings is 1. The highest BCUT2D eigenvalue weighted by Crippen LogP contribution is 2.19. The average Bonchev–Trinajstić information content (AvgIpc) is 2.48. The highest BCUT2D eigenvalue weighted by atomic mass is 16.5. The van der Waals surface area contributed by atoms with Gasteiger partial charge in [-0.25, -0.2) is 0 Å². The molecular formula is C15H19N3O3. The molecule has 1 fully saturated rings. The van der Waals surface area contributed by atoms with Crippen LogP contribution in [0.2, 0.25) is 0 Å². The van der Waals surface area contributed by atoms with Crippen molar-refractivity contribution in [2.45, 2.75) is 25.9 Å². The Balaban J connectivity index is 2.01. The molecule has 2 heterocycles. The Labute approximate surface area is 123 Å². The van der Waals surface area contributed by atoms with Crippen LogP contribution in [-0.4, -0.2) is 40.9 Å². The monoisotopic (exact) mass is 289 g/mol. The third-order valence-electron chi connectivity index (χ3n) is 3.29. The van der Waals surface area contributed by atoms with E-state index in [9.17, 15) is 9.59 Å². The van der Waals surface area contributed by atoms with Crippen molar-refractivity contribution in [2.75, 3.05) is 13.1 Å². The van der Waals surface area contributed by atoms with Gasteiger partial charge < -0.3 is 15.4 Å². The van der Waals surface area contributed by atoms with Gasteiger partial charge in [0.05, 0.1) is 6.54 Å². The van der Waals surface area contributed by atoms with Crippen LogP contribution in [0.15, 0.2) is 30.5 Å². The lowest BCUT2D eigenvalue weighted by molar-refractivity contribution is -0.128. The van der Waals surface area contributed by atoms with Gasteiger partial charge in [0.25, 0.3) is 5.91 Å². The van der Waals surface area contributed by atoms with Gasteiger partial charge in [-0.15, -0.1) is 0 Å². The fourth-order valence-corrected chi connectivity index (χ4v) is 2.29. The maximum atomic E-state index is 11.9. The zero-order valence-electron chi connectivity index (χ0n) is 12.0. The van der Waals surface area contributed by atoms with Crippen LogP contribution >= 0.6 is 0 Å². The Morgan fingerprint density at radius 2 is 2.33 bits per heavy atom. The van der Waals surface area contributed by atoms with Gasteiger partial charge in [-0.05, 0) is 31.9 Å². The van der Waals surface area contributed by atoms with Crippen LogP contribution in [0, 0.1) is 0 Å². The molecule has 0 saturated carbocycles. The van der Waals surface area contributed by atoms with Crippen molar-refractivity contribution in [3.63, 3.8) is 0 Å². The number of hydrogen-bond donors (Lipinski definition) is 1. The van der Waals surface area contributed by atoms with Crippen molar-refractivity contribution in [3.05, 3.63) is 36.2 Å². The molecule has 1 aromatic heterocycles. The van der Waals surface area contributed by atoms with Crippen molar-refractivity contribution in [3.8, 4) is 5.75 Å². The highest BCUT2D eigenvalue weighted by molar-refractivity contribution is 5.91. The number of nitrogens with two attached hydrogens (primary N) is 1. The molecule has 2 N–H and O–H groups in total. The summed E-state index contributed by atoms with van der Waals surface area (Å²) in [6, 6.07) is 3.20. The minimum atomic E-state index is -0.589. The van der Waals surface area contributed by atoms with Gasteiger partial charge in [-0.2, -0.15) is 0 Å². The summed E-state index contributed by atoms with van der Waals surface area (Å²) in [6.45, 7) is 3.10. The molecule has 1 saturated heterocycles. The van der Waals surface area contributed by atoms with E-state index in [0.29, 0.717) is 12.3 Å². The van der Waals surface area contributed by atoms with Crippen LogP contribution in [0.25, 0.3) is 0 Å². The molecule has 1 aromatic rings. The van der Waals surface area contributed by atoms with E-state index in [1.165, 1.54) is 12.3 Å². The number of carbonyl (C=O) groups excluding carboxylic acids is 2. The number of piperidine rings is 1. The summed E-state index contributed by atoms with van der Waals surface area (Å²) in [5.74, 6) is -0.0449. The average molecular weight is 289 g/mol. The summed E-state index contributed by atoms with van der Waals surface area (Å²) < 4.78 is 5.84. The minimum absolute atomic E-state index is 0.00152. The van der Waals surface area contributed by atoms with Crippen LogP contribution in [0.4, 0.5) is 0 Å². The van der Waals surface area contributed by atoms with Crippen LogP contribution in [0.1, 0.15) is 30.3 Å². The Kier molecular flexibility index (Phi) is 4.92. The lowest BCUT2D eigenvalue weighted by Crippen LogP contribution is -2.43. The first-order chi connectivity index (χ1) is 10.1. The first-order valence-corrected chi connectivity index (χ1v) is 6.94. The molecule has 6 heteroatoms. The van der Waals surface area contributed by atoms with E-state index in [-0.39, 0.29) is 17.7 Å². The smallest absolute Gasteiger partial charge is 0.267 e. The van der Waals surface area contributed by atoms with E-state index in [4.69, 9.17) is 10.5 Å². The van der Waals surface area contributed by atoms with Gasteiger partial charge in [-0.1, -0.05) is 6.08 Å². The predicted molar refractivity (Wildman–Crippen MR) is 77.8 cm³/mol. The quantitative estimate of drug-likeness (QED) is 0.842. The van der Waals surface area contributed by atoms with Crippen molar-refractivity contribution in [2.24, 2.45) is 5.73 Å². The Bertz CT molecular complexity index is 557. The summed E-state index contributed by atoms with van der Waals surface area (Å²) in [5, 5.41) is 0. The van der Waals surface area contributed by atoms with Gasteiger partial charge >= 0.3 is 0 Å². The van der Waals surface area contributed by atoms with Gasteiger partial charge in [0.1, 0.15) is 17.5 Å². The first-order valence-electron chi connectivity index (χ1n) is 6.94. The molecule has 112 valence electrons. The van der Waals surface area contributed by atoms with E-state index in [2.05, 4.69) is 4.98 Å². The number of allylic oxidation sites excluding steroid dienone is 1. The number of primary amides is 1. The van der Waals surface area contributed by atoms with E-state index >= 15 is 0 Å². The van der Waals surface area contributed by atoms with Crippen LogP contribution in [-0.2, 0) is 4.79 Å². The van der Waals surface area contributed by atoms with Crippen LogP contribution < -0.4 is 10.5 Å². The molecule has 1 unspecified atom stereocenters. The van der Waals surface area contributed by atoms with Crippen molar-refractivity contribution < 1.29 is 14.3 Å². The van der Waals surface area contributed by atoms with E-state index in [0.717, 1.165) is 19.4 Å². The molecule has 0 aromatic carbocycles. The number of amides is 2. The molecule has 1 aliphatic heterocycles. The molecule has 2 rings (SSSR count). The second-order valence-electron chi connectivity index (χ2n) is 4.91. The molecular weight excluding hydrogens is 270 g/mol. The summed E-state index contributed by atoms with van der Waals surface area (Å²) in [4.78, 5) is 28.6. The lowest BCUT2D eigenvalue weighted by Gasteiger charge is -2.32. The Hall–Kier alpha value is -2.37. The second-order valence-corrected chi connectivity index (χ2v) is 4.91. The van der Waals surface area contributed by atoms with Gasteiger partial charge in [0.15, 0.2) is 0 Å². The molecule has 21 heavy (non-hydrogen) atoms.